The molecule has 0 unspecified atom stereocenters. The molecule has 0 saturated carbocycles. The number of H-pyrrole nitrogens is 1. The van der Waals surface area contributed by atoms with E-state index in [1.54, 1.807) is 38.2 Å². The molecule has 0 aliphatic heterocycles. The number of rotatable bonds is 6. The van der Waals surface area contributed by atoms with Crippen molar-refractivity contribution in [2.75, 3.05) is 0 Å². The van der Waals surface area contributed by atoms with Gasteiger partial charge in [0.1, 0.15) is 40.5 Å². The normalized spacial score (nSPS) is 11.7. The van der Waals surface area contributed by atoms with E-state index in [9.17, 15) is 17.6 Å². The summed E-state index contributed by atoms with van der Waals surface area (Å²) in [6.45, 7) is 3.51. The van der Waals surface area contributed by atoms with E-state index >= 15 is 0 Å². The molecule has 0 aliphatic rings. The number of ether oxygens (including phenoxy) is 1. The second-order valence-corrected chi connectivity index (χ2v) is 7.05. The Morgan fingerprint density at radius 2 is 1.93 bits per heavy atom. The fraction of sp³-hybridized carbons (Fsp3) is 0.300. The third kappa shape index (κ3) is 5.47. The Bertz CT molecular complexity index is 1020. The summed E-state index contributed by atoms with van der Waals surface area (Å²) >= 11 is 6.11. The number of imidazole rings is 1. The number of benzene rings is 1. The number of nitrogens with zero attached hydrogens (tertiary/aromatic N) is 2. The van der Waals surface area contributed by atoms with E-state index < -0.39 is 18.4 Å². The molecule has 0 fully saturated rings. The van der Waals surface area contributed by atoms with E-state index in [1.165, 1.54) is 6.07 Å². The van der Waals surface area contributed by atoms with Gasteiger partial charge in [-0.05, 0) is 49.2 Å². The lowest BCUT2D eigenvalue weighted by Gasteiger charge is -2.11. The topological polar surface area (TPSA) is 50.8 Å². The molecule has 1 N–H and O–H groups in total. The quantitative estimate of drug-likeness (QED) is 0.494. The third-order valence-electron chi connectivity index (χ3n) is 4.22. The summed E-state index contributed by atoms with van der Waals surface area (Å²) in [6.07, 6.45) is -3.96. The molecule has 0 radical (unpaired) electrons. The minimum Gasteiger partial charge on any atom is -0.487 e. The lowest BCUT2D eigenvalue weighted by atomic mass is 10.1. The van der Waals surface area contributed by atoms with Crippen LogP contribution in [0.3, 0.4) is 0 Å². The Morgan fingerprint density at radius 3 is 2.59 bits per heavy atom. The van der Waals surface area contributed by atoms with Crippen LogP contribution in [0.25, 0.3) is 11.3 Å². The second-order valence-electron chi connectivity index (χ2n) is 6.67. The van der Waals surface area contributed by atoms with Gasteiger partial charge in [-0.15, -0.1) is 0 Å². The van der Waals surface area contributed by atoms with Crippen LogP contribution in [0.1, 0.15) is 29.1 Å². The maximum Gasteiger partial charge on any atom is 0.389 e. The zero-order valence-electron chi connectivity index (χ0n) is 15.7. The van der Waals surface area contributed by atoms with Crippen molar-refractivity contribution in [2.24, 2.45) is 0 Å². The zero-order valence-corrected chi connectivity index (χ0v) is 16.5. The molecular weight excluding hydrogens is 410 g/mol. The molecule has 2 aromatic heterocycles. The van der Waals surface area contributed by atoms with Crippen LogP contribution >= 0.6 is 11.6 Å². The number of aromatic amines is 1. The molecular formula is C20H18ClF4N3O. The van der Waals surface area contributed by atoms with Crippen molar-refractivity contribution in [2.45, 2.75) is 39.5 Å². The first kappa shape index (κ1) is 21.1. The lowest BCUT2D eigenvalue weighted by Crippen LogP contribution is -2.09. The highest BCUT2D eigenvalue weighted by molar-refractivity contribution is 6.31. The predicted octanol–water partition coefficient (Wildman–Crippen LogP) is 5.95. The molecule has 2 heterocycles. The van der Waals surface area contributed by atoms with Gasteiger partial charge in [-0.1, -0.05) is 11.6 Å². The molecule has 29 heavy (non-hydrogen) atoms. The standard InChI is InChI=1S/C20H18ClF4N3O/c1-11-7-14(22)15(26-9-11)10-29-16-4-3-13(8-12(16)2)18-19(21)28-17(27-18)5-6-20(23,24)25/h3-4,7-9H,5-6,10H2,1-2H3,(H,27,28). The molecule has 0 spiro atoms. The smallest absolute Gasteiger partial charge is 0.389 e. The average Bonchev–Trinajstić information content (AvgIpc) is 3.00. The van der Waals surface area contributed by atoms with Crippen LogP contribution in [-0.4, -0.2) is 21.1 Å². The van der Waals surface area contributed by atoms with Crippen molar-refractivity contribution < 1.29 is 22.3 Å². The fourth-order valence-electron chi connectivity index (χ4n) is 2.74. The second kappa shape index (κ2) is 8.41. The van der Waals surface area contributed by atoms with E-state index in [1.807, 2.05) is 0 Å². The number of aromatic nitrogens is 3. The summed E-state index contributed by atoms with van der Waals surface area (Å²) in [5.74, 6) is 0.259. The van der Waals surface area contributed by atoms with Gasteiger partial charge in [0, 0.05) is 18.2 Å². The molecule has 154 valence electrons. The van der Waals surface area contributed by atoms with Gasteiger partial charge in [-0.3, -0.25) is 4.98 Å². The predicted molar refractivity (Wildman–Crippen MR) is 101 cm³/mol. The van der Waals surface area contributed by atoms with Gasteiger partial charge in [0.15, 0.2) is 0 Å². The largest absolute Gasteiger partial charge is 0.487 e. The van der Waals surface area contributed by atoms with Crippen molar-refractivity contribution in [3.63, 3.8) is 0 Å². The third-order valence-corrected chi connectivity index (χ3v) is 4.49. The molecule has 0 saturated heterocycles. The van der Waals surface area contributed by atoms with Crippen LogP contribution in [0, 0.1) is 19.7 Å². The molecule has 0 amide bonds. The van der Waals surface area contributed by atoms with Gasteiger partial charge in [0.05, 0.1) is 6.42 Å². The van der Waals surface area contributed by atoms with Crippen molar-refractivity contribution in [1.82, 2.24) is 15.0 Å². The van der Waals surface area contributed by atoms with Crippen LogP contribution in [0.2, 0.25) is 5.15 Å². The van der Waals surface area contributed by atoms with Gasteiger partial charge in [-0.2, -0.15) is 13.2 Å². The van der Waals surface area contributed by atoms with Crippen LogP contribution in [0.5, 0.6) is 5.75 Å². The highest BCUT2D eigenvalue weighted by Gasteiger charge is 2.27. The lowest BCUT2D eigenvalue weighted by molar-refractivity contribution is -0.134. The van der Waals surface area contributed by atoms with Crippen LogP contribution in [-0.2, 0) is 13.0 Å². The van der Waals surface area contributed by atoms with Gasteiger partial charge in [0.2, 0.25) is 0 Å². The van der Waals surface area contributed by atoms with Gasteiger partial charge < -0.3 is 9.72 Å². The van der Waals surface area contributed by atoms with E-state index in [-0.39, 0.29) is 29.7 Å². The molecule has 1 aromatic carbocycles. The van der Waals surface area contributed by atoms with E-state index in [2.05, 4.69) is 15.0 Å². The minimum absolute atomic E-state index is 0.0307. The number of halogens is 5. The number of pyridine rings is 1. The Morgan fingerprint density at radius 1 is 1.17 bits per heavy atom. The van der Waals surface area contributed by atoms with Crippen molar-refractivity contribution in [3.05, 3.63) is 64.1 Å². The summed E-state index contributed by atoms with van der Waals surface area (Å²) in [5, 5.41) is 0.168. The molecule has 4 nitrogen and oxygen atoms in total. The monoisotopic (exact) mass is 427 g/mol. The maximum atomic E-state index is 13.9. The number of hydrogen-bond donors (Lipinski definition) is 1. The van der Waals surface area contributed by atoms with Crippen LogP contribution in [0.15, 0.2) is 30.5 Å². The SMILES string of the molecule is Cc1cnc(COc2ccc(-c3nc(CCC(F)(F)F)[nH]c3Cl)cc2C)c(F)c1. The first-order chi connectivity index (χ1) is 13.6. The fourth-order valence-corrected chi connectivity index (χ4v) is 3.00. The number of hydrogen-bond acceptors (Lipinski definition) is 3. The van der Waals surface area contributed by atoms with Gasteiger partial charge in [-0.25, -0.2) is 9.37 Å². The Labute approximate surface area is 169 Å². The van der Waals surface area contributed by atoms with E-state index in [0.29, 0.717) is 17.0 Å². The summed E-state index contributed by atoms with van der Waals surface area (Å²) in [7, 11) is 0. The number of alkyl halides is 3. The molecule has 0 aliphatic carbocycles. The number of aryl methyl sites for hydroxylation is 3. The highest BCUT2D eigenvalue weighted by Crippen LogP contribution is 2.31. The summed E-state index contributed by atoms with van der Waals surface area (Å²) < 4.78 is 56.7. The van der Waals surface area contributed by atoms with Crippen molar-refractivity contribution in [1.29, 1.82) is 0 Å². The summed E-state index contributed by atoms with van der Waals surface area (Å²) in [4.78, 5) is 10.9. The van der Waals surface area contributed by atoms with Gasteiger partial charge in [0.25, 0.3) is 0 Å². The highest BCUT2D eigenvalue weighted by atomic mass is 35.5. The van der Waals surface area contributed by atoms with E-state index in [4.69, 9.17) is 16.3 Å². The van der Waals surface area contributed by atoms with Crippen LogP contribution < -0.4 is 4.74 Å². The van der Waals surface area contributed by atoms with Crippen LogP contribution in [0.4, 0.5) is 17.6 Å². The molecule has 0 bridgehead atoms. The molecule has 3 rings (SSSR count). The zero-order chi connectivity index (χ0) is 21.2. The summed E-state index contributed by atoms with van der Waals surface area (Å²) in [5.41, 5.74) is 2.66. The van der Waals surface area contributed by atoms with Crippen molar-refractivity contribution in [3.8, 4) is 17.0 Å². The average molecular weight is 428 g/mol. The Hall–Kier alpha value is -2.61. The summed E-state index contributed by atoms with van der Waals surface area (Å²) in [6, 6.07) is 6.51. The maximum absolute atomic E-state index is 13.9. The first-order valence-electron chi connectivity index (χ1n) is 8.78. The van der Waals surface area contributed by atoms with Gasteiger partial charge >= 0.3 is 6.18 Å². The number of nitrogens with one attached hydrogen (secondary N) is 1. The Kier molecular flexibility index (Phi) is 6.12. The Balaban J connectivity index is 1.73. The molecule has 0 atom stereocenters. The minimum atomic E-state index is -4.26. The first-order valence-corrected chi connectivity index (χ1v) is 9.16. The molecule has 9 heteroatoms. The van der Waals surface area contributed by atoms with Crippen molar-refractivity contribution >= 4 is 11.6 Å². The van der Waals surface area contributed by atoms with E-state index in [0.717, 1.165) is 11.1 Å². The molecule has 3 aromatic rings.